The summed E-state index contributed by atoms with van der Waals surface area (Å²) in [5, 5.41) is 2.17. The van der Waals surface area contributed by atoms with E-state index < -0.39 is 14.1 Å². The lowest BCUT2D eigenvalue weighted by Gasteiger charge is -2.46. The largest absolute Gasteiger partial charge is 0.492 e. The van der Waals surface area contributed by atoms with E-state index >= 15 is 0 Å². The van der Waals surface area contributed by atoms with Gasteiger partial charge in [0.2, 0.25) is 0 Å². The van der Waals surface area contributed by atoms with Gasteiger partial charge in [-0.3, -0.25) is 4.79 Å². The molecule has 1 heterocycles. The number of methoxy groups -OCH3 is 2. The van der Waals surface area contributed by atoms with Crippen molar-refractivity contribution in [1.82, 2.24) is 0 Å². The SMILES string of the molecule is COc1c2c(cc(C=O)c1OCc1ccccc1)CC(CO[Si](c1ccccc1)(c1ccccc1)C(C)(C)C)(OC)OC2. The normalized spacial score (nSPS) is 16.8. The van der Waals surface area contributed by atoms with E-state index in [4.69, 9.17) is 23.4 Å². The second-order valence-electron chi connectivity index (χ2n) is 11.9. The zero-order valence-corrected chi connectivity index (χ0v) is 26.6. The Labute approximate surface area is 255 Å². The van der Waals surface area contributed by atoms with Gasteiger partial charge >= 0.3 is 0 Å². The van der Waals surface area contributed by atoms with Crippen molar-refractivity contribution in [3.63, 3.8) is 0 Å². The lowest BCUT2D eigenvalue weighted by atomic mass is 9.93. The minimum absolute atomic E-state index is 0.198. The average molecular weight is 597 g/mol. The van der Waals surface area contributed by atoms with Gasteiger partial charge in [-0.05, 0) is 32.6 Å². The smallest absolute Gasteiger partial charge is 0.261 e. The summed E-state index contributed by atoms with van der Waals surface area (Å²) < 4.78 is 31.8. The molecule has 4 aromatic carbocycles. The molecule has 224 valence electrons. The van der Waals surface area contributed by atoms with Gasteiger partial charge in [0.05, 0.1) is 25.9 Å². The molecule has 0 aromatic heterocycles. The van der Waals surface area contributed by atoms with Crippen LogP contribution in [0.4, 0.5) is 0 Å². The summed E-state index contributed by atoms with van der Waals surface area (Å²) in [5.41, 5.74) is 3.17. The Morgan fingerprint density at radius 1 is 0.860 bits per heavy atom. The standard InChI is InChI=1S/C36H40O6Si/c1-35(2,3)43(30-17-11-7-12-18-30,31-19-13-8-14-20-31)42-26-36(39-5)22-28-21-29(23-37)33(34(38-4)32(28)25-41-36)40-24-27-15-9-6-10-16-27/h6-21,23H,22,24-26H2,1-5H3. The summed E-state index contributed by atoms with van der Waals surface area (Å²) in [6.07, 6.45) is 1.19. The maximum atomic E-state index is 12.3. The molecule has 1 aliphatic rings. The summed E-state index contributed by atoms with van der Waals surface area (Å²) in [6, 6.07) is 32.7. The van der Waals surface area contributed by atoms with Crippen LogP contribution in [0, 0.1) is 0 Å². The van der Waals surface area contributed by atoms with Crippen LogP contribution in [0.5, 0.6) is 11.5 Å². The van der Waals surface area contributed by atoms with Crippen LogP contribution >= 0.6 is 0 Å². The second kappa shape index (κ2) is 12.9. The van der Waals surface area contributed by atoms with E-state index in [0.29, 0.717) is 30.1 Å². The van der Waals surface area contributed by atoms with Crippen LogP contribution in [-0.4, -0.2) is 41.2 Å². The zero-order chi connectivity index (χ0) is 30.5. The number of hydrogen-bond acceptors (Lipinski definition) is 6. The lowest BCUT2D eigenvalue weighted by molar-refractivity contribution is -0.250. The van der Waals surface area contributed by atoms with Crippen LogP contribution in [0.2, 0.25) is 5.04 Å². The number of fused-ring (bicyclic) bond motifs is 1. The van der Waals surface area contributed by atoms with Crippen molar-refractivity contribution in [2.45, 2.75) is 51.2 Å². The Bertz CT molecular complexity index is 1480. The highest BCUT2D eigenvalue weighted by Crippen LogP contribution is 2.43. The predicted octanol–water partition coefficient (Wildman–Crippen LogP) is 6.08. The molecule has 1 aliphatic heterocycles. The Kier molecular flexibility index (Phi) is 9.18. The summed E-state index contributed by atoms with van der Waals surface area (Å²) in [4.78, 5) is 12.3. The van der Waals surface area contributed by atoms with Gasteiger partial charge in [-0.15, -0.1) is 0 Å². The fourth-order valence-electron chi connectivity index (χ4n) is 6.06. The van der Waals surface area contributed by atoms with Crippen molar-refractivity contribution in [1.29, 1.82) is 0 Å². The number of carbonyl (C=O) groups is 1. The van der Waals surface area contributed by atoms with Crippen LogP contribution in [0.3, 0.4) is 0 Å². The number of rotatable bonds is 11. The molecule has 0 fully saturated rings. The second-order valence-corrected chi connectivity index (χ2v) is 16.2. The van der Waals surface area contributed by atoms with E-state index in [0.717, 1.165) is 23.0 Å². The molecule has 0 saturated carbocycles. The molecule has 0 saturated heterocycles. The predicted molar refractivity (Wildman–Crippen MR) is 171 cm³/mol. The highest BCUT2D eigenvalue weighted by Gasteiger charge is 2.52. The monoisotopic (exact) mass is 596 g/mol. The third-order valence-corrected chi connectivity index (χ3v) is 13.2. The third kappa shape index (κ3) is 6.04. The molecule has 0 amide bonds. The molecule has 43 heavy (non-hydrogen) atoms. The zero-order valence-electron chi connectivity index (χ0n) is 25.6. The molecule has 7 heteroatoms. The molecule has 6 nitrogen and oxygen atoms in total. The van der Waals surface area contributed by atoms with Crippen molar-refractivity contribution < 1.29 is 28.2 Å². The minimum Gasteiger partial charge on any atom is -0.492 e. The first-order valence-electron chi connectivity index (χ1n) is 14.6. The third-order valence-electron chi connectivity index (χ3n) is 8.25. The molecule has 4 aromatic rings. The number of hydrogen-bond donors (Lipinski definition) is 0. The van der Waals surface area contributed by atoms with Crippen molar-refractivity contribution in [3.05, 3.63) is 119 Å². The van der Waals surface area contributed by atoms with Crippen molar-refractivity contribution >= 4 is 25.0 Å². The molecule has 0 spiro atoms. The molecule has 0 radical (unpaired) electrons. The van der Waals surface area contributed by atoms with Crippen LogP contribution < -0.4 is 19.8 Å². The van der Waals surface area contributed by atoms with Crippen LogP contribution in [0.1, 0.15) is 47.8 Å². The number of ether oxygens (including phenoxy) is 4. The van der Waals surface area contributed by atoms with E-state index in [1.807, 2.05) is 48.5 Å². The van der Waals surface area contributed by atoms with E-state index in [2.05, 4.69) is 69.3 Å². The maximum Gasteiger partial charge on any atom is 0.261 e. The maximum absolute atomic E-state index is 12.3. The first-order chi connectivity index (χ1) is 20.8. The van der Waals surface area contributed by atoms with E-state index in [-0.39, 0.29) is 18.3 Å². The number of aldehydes is 1. The Hall–Kier alpha value is -3.75. The molecule has 0 bridgehead atoms. The molecule has 5 rings (SSSR count). The molecular weight excluding hydrogens is 556 g/mol. The minimum atomic E-state index is -2.84. The summed E-state index contributed by atoms with van der Waals surface area (Å²) in [6.45, 7) is 7.47. The first kappa shape index (κ1) is 30.7. The van der Waals surface area contributed by atoms with Gasteiger partial charge in [-0.1, -0.05) is 112 Å². The number of benzene rings is 4. The van der Waals surface area contributed by atoms with E-state index in [1.54, 1.807) is 14.2 Å². The first-order valence-corrected chi connectivity index (χ1v) is 16.5. The summed E-state index contributed by atoms with van der Waals surface area (Å²) in [5.74, 6) is -0.136. The highest BCUT2D eigenvalue weighted by atomic mass is 28.4. The molecule has 1 unspecified atom stereocenters. The quantitative estimate of drug-likeness (QED) is 0.155. The Morgan fingerprint density at radius 2 is 1.44 bits per heavy atom. The topological polar surface area (TPSA) is 63.2 Å². The number of carbonyl (C=O) groups excluding carboxylic acids is 1. The summed E-state index contributed by atoms with van der Waals surface area (Å²) in [7, 11) is 0.398. The average Bonchev–Trinajstić information content (AvgIpc) is 3.04. The molecule has 0 N–H and O–H groups in total. The van der Waals surface area contributed by atoms with Gasteiger partial charge in [0.25, 0.3) is 8.32 Å². The van der Waals surface area contributed by atoms with Gasteiger partial charge in [-0.25, -0.2) is 0 Å². The lowest BCUT2D eigenvalue weighted by Crippen LogP contribution is -2.68. The van der Waals surface area contributed by atoms with Gasteiger partial charge in [0.1, 0.15) is 6.61 Å². The molecule has 1 atom stereocenters. The van der Waals surface area contributed by atoms with Gasteiger partial charge in [0.15, 0.2) is 23.6 Å². The van der Waals surface area contributed by atoms with Crippen LogP contribution in [0.15, 0.2) is 97.1 Å². The van der Waals surface area contributed by atoms with Gasteiger partial charge < -0.3 is 23.4 Å². The van der Waals surface area contributed by atoms with Gasteiger partial charge in [0, 0.05) is 19.1 Å². The molecular formula is C36H40O6Si. The summed E-state index contributed by atoms with van der Waals surface area (Å²) >= 11 is 0. The highest BCUT2D eigenvalue weighted by molar-refractivity contribution is 6.99. The Balaban J connectivity index is 1.49. The van der Waals surface area contributed by atoms with Crippen molar-refractivity contribution in [3.8, 4) is 11.5 Å². The van der Waals surface area contributed by atoms with E-state index in [9.17, 15) is 4.79 Å². The van der Waals surface area contributed by atoms with Crippen molar-refractivity contribution in [2.24, 2.45) is 0 Å². The fraction of sp³-hybridized carbons (Fsp3) is 0.306. The fourth-order valence-corrected chi connectivity index (χ4v) is 10.7. The molecule has 0 aliphatic carbocycles. The van der Waals surface area contributed by atoms with Gasteiger partial charge in [-0.2, -0.15) is 0 Å². The van der Waals surface area contributed by atoms with Crippen LogP contribution in [0.25, 0.3) is 0 Å². The van der Waals surface area contributed by atoms with Crippen molar-refractivity contribution in [2.75, 3.05) is 20.8 Å². The van der Waals surface area contributed by atoms with E-state index in [1.165, 1.54) is 10.4 Å². The Morgan fingerprint density at radius 3 is 1.95 bits per heavy atom. The van der Waals surface area contributed by atoms with Crippen LogP contribution in [-0.2, 0) is 33.5 Å².